The van der Waals surface area contributed by atoms with Crippen LogP contribution in [0.15, 0.2) is 59.1 Å². The molecule has 3 rings (SSSR count). The van der Waals surface area contributed by atoms with E-state index in [0.717, 1.165) is 11.4 Å². The van der Waals surface area contributed by atoms with Crippen molar-refractivity contribution in [3.8, 4) is 0 Å². The quantitative estimate of drug-likeness (QED) is 0.733. The number of anilines is 3. The molecule has 0 saturated heterocycles. The molecule has 0 spiro atoms. The number of aromatic nitrogens is 1. The first-order valence-corrected chi connectivity index (χ1v) is 7.36. The Balaban J connectivity index is 1.68. The molecule has 0 unspecified atom stereocenters. The predicted octanol–water partition coefficient (Wildman–Crippen LogP) is 4.63. The number of rotatable bonds is 4. The number of carbonyl (C=O) groups excluding carboxylic acids is 1. The number of hydrogen-bond donors (Lipinski definition) is 2. The van der Waals surface area contributed by atoms with E-state index < -0.39 is 0 Å². The molecule has 2 aromatic carbocycles. The second-order valence-corrected chi connectivity index (χ2v) is 5.37. The fourth-order valence-corrected chi connectivity index (χ4v) is 2.28. The average molecular weight is 328 g/mol. The maximum Gasteiger partial charge on any atom is 0.257 e. The summed E-state index contributed by atoms with van der Waals surface area (Å²) in [6.07, 6.45) is 0. The molecule has 0 saturated carbocycles. The van der Waals surface area contributed by atoms with Gasteiger partial charge in [-0.1, -0.05) is 28.9 Å². The van der Waals surface area contributed by atoms with Crippen LogP contribution in [0.4, 0.5) is 17.2 Å². The minimum absolute atomic E-state index is 0.247. The maximum absolute atomic E-state index is 12.2. The first-order valence-electron chi connectivity index (χ1n) is 6.98. The molecule has 116 valence electrons. The molecule has 0 bridgehead atoms. The lowest BCUT2D eigenvalue weighted by Gasteiger charge is -2.08. The molecule has 1 heterocycles. The minimum atomic E-state index is -0.247. The van der Waals surface area contributed by atoms with Gasteiger partial charge < -0.3 is 15.2 Å². The summed E-state index contributed by atoms with van der Waals surface area (Å²) in [6, 6.07) is 16.0. The third-order valence-electron chi connectivity index (χ3n) is 3.16. The highest BCUT2D eigenvalue weighted by atomic mass is 35.5. The third-order valence-corrected chi connectivity index (χ3v) is 3.49. The number of benzene rings is 2. The molecule has 5 nitrogen and oxygen atoms in total. The van der Waals surface area contributed by atoms with Crippen LogP contribution in [0.25, 0.3) is 0 Å². The van der Waals surface area contributed by atoms with Crippen LogP contribution in [0.1, 0.15) is 16.1 Å². The van der Waals surface area contributed by atoms with Gasteiger partial charge in [0.15, 0.2) is 5.82 Å². The Bertz CT molecular complexity index is 828. The minimum Gasteiger partial charge on any atom is -0.360 e. The Labute approximate surface area is 138 Å². The first kappa shape index (κ1) is 15.1. The van der Waals surface area contributed by atoms with Crippen molar-refractivity contribution in [1.82, 2.24) is 5.16 Å². The maximum atomic E-state index is 12.2. The molecule has 6 heteroatoms. The normalized spacial score (nSPS) is 10.3. The molecule has 2 N–H and O–H groups in total. The molecular weight excluding hydrogens is 314 g/mol. The summed E-state index contributed by atoms with van der Waals surface area (Å²) in [5, 5.41) is 10.2. The number of halogens is 1. The number of aryl methyl sites for hydroxylation is 1. The Morgan fingerprint density at radius 3 is 2.43 bits per heavy atom. The molecule has 3 aromatic rings. The van der Waals surface area contributed by atoms with E-state index in [1.807, 2.05) is 19.1 Å². The summed E-state index contributed by atoms with van der Waals surface area (Å²) in [5.74, 6) is 1.12. The van der Waals surface area contributed by atoms with Gasteiger partial charge in [0.1, 0.15) is 5.76 Å². The predicted molar refractivity (Wildman–Crippen MR) is 90.4 cm³/mol. The lowest BCUT2D eigenvalue weighted by Crippen LogP contribution is -2.12. The first-order chi connectivity index (χ1) is 11.1. The second-order valence-electron chi connectivity index (χ2n) is 4.96. The molecular formula is C17H14ClN3O2. The third kappa shape index (κ3) is 3.70. The van der Waals surface area contributed by atoms with Crippen molar-refractivity contribution in [3.63, 3.8) is 0 Å². The van der Waals surface area contributed by atoms with Gasteiger partial charge in [0.25, 0.3) is 5.91 Å². The van der Waals surface area contributed by atoms with E-state index in [2.05, 4.69) is 15.8 Å². The van der Waals surface area contributed by atoms with E-state index in [0.29, 0.717) is 22.1 Å². The lowest BCUT2D eigenvalue weighted by molar-refractivity contribution is 0.102. The Morgan fingerprint density at radius 1 is 1.09 bits per heavy atom. The molecule has 0 aliphatic rings. The van der Waals surface area contributed by atoms with Gasteiger partial charge >= 0.3 is 0 Å². The molecule has 0 radical (unpaired) electrons. The molecule has 1 aromatic heterocycles. The van der Waals surface area contributed by atoms with Crippen LogP contribution in [0.2, 0.25) is 5.02 Å². The highest BCUT2D eigenvalue weighted by Crippen LogP contribution is 2.20. The SMILES string of the molecule is Cc1cc(Nc2ccc(NC(=O)c3ccccc3Cl)cc2)no1. The Hall–Kier alpha value is -2.79. The lowest BCUT2D eigenvalue weighted by atomic mass is 10.2. The number of nitrogens with zero attached hydrogens (tertiary/aromatic N) is 1. The van der Waals surface area contributed by atoms with E-state index in [4.69, 9.17) is 16.1 Å². The largest absolute Gasteiger partial charge is 0.360 e. The van der Waals surface area contributed by atoms with Gasteiger partial charge in [-0.2, -0.15) is 0 Å². The summed E-state index contributed by atoms with van der Waals surface area (Å²) in [7, 11) is 0. The van der Waals surface area contributed by atoms with Crippen molar-refractivity contribution in [2.45, 2.75) is 6.92 Å². The van der Waals surface area contributed by atoms with Crippen molar-refractivity contribution in [3.05, 3.63) is 70.9 Å². The molecule has 0 fully saturated rings. The smallest absolute Gasteiger partial charge is 0.257 e. The van der Waals surface area contributed by atoms with Crippen molar-refractivity contribution in [2.24, 2.45) is 0 Å². The number of carbonyl (C=O) groups is 1. The van der Waals surface area contributed by atoms with Crippen molar-refractivity contribution in [1.29, 1.82) is 0 Å². The summed E-state index contributed by atoms with van der Waals surface area (Å²) in [6.45, 7) is 1.82. The zero-order valence-electron chi connectivity index (χ0n) is 12.3. The molecule has 23 heavy (non-hydrogen) atoms. The van der Waals surface area contributed by atoms with Crippen LogP contribution in [-0.4, -0.2) is 11.1 Å². The van der Waals surface area contributed by atoms with Crippen LogP contribution < -0.4 is 10.6 Å². The summed E-state index contributed by atoms with van der Waals surface area (Å²) >= 11 is 6.02. The highest BCUT2D eigenvalue weighted by Gasteiger charge is 2.09. The fraction of sp³-hybridized carbons (Fsp3) is 0.0588. The topological polar surface area (TPSA) is 67.2 Å². The van der Waals surface area contributed by atoms with Gasteiger partial charge in [0, 0.05) is 17.4 Å². The second kappa shape index (κ2) is 6.54. The zero-order valence-corrected chi connectivity index (χ0v) is 13.1. The Kier molecular flexibility index (Phi) is 4.30. The summed E-state index contributed by atoms with van der Waals surface area (Å²) in [5.41, 5.74) is 1.96. The highest BCUT2D eigenvalue weighted by molar-refractivity contribution is 6.34. The van der Waals surface area contributed by atoms with Gasteiger partial charge in [0.2, 0.25) is 0 Å². The number of nitrogens with one attached hydrogen (secondary N) is 2. The van der Waals surface area contributed by atoms with Gasteiger partial charge in [-0.25, -0.2) is 0 Å². The van der Waals surface area contributed by atoms with E-state index in [1.165, 1.54) is 0 Å². The molecule has 0 atom stereocenters. The van der Waals surface area contributed by atoms with Crippen LogP contribution in [0.5, 0.6) is 0 Å². The zero-order chi connectivity index (χ0) is 16.2. The number of hydrogen-bond acceptors (Lipinski definition) is 4. The van der Waals surface area contributed by atoms with Crippen LogP contribution in [-0.2, 0) is 0 Å². The van der Waals surface area contributed by atoms with E-state index in [9.17, 15) is 4.79 Å². The standard InChI is InChI=1S/C17H14ClN3O2/c1-11-10-16(21-23-11)19-12-6-8-13(9-7-12)20-17(22)14-4-2-3-5-15(14)18/h2-10H,1H3,(H,19,21)(H,20,22). The van der Waals surface area contributed by atoms with Gasteiger partial charge in [-0.15, -0.1) is 0 Å². The van der Waals surface area contributed by atoms with Crippen LogP contribution in [0.3, 0.4) is 0 Å². The molecule has 0 aliphatic carbocycles. The summed E-state index contributed by atoms with van der Waals surface area (Å²) < 4.78 is 4.99. The fourth-order valence-electron chi connectivity index (χ4n) is 2.05. The van der Waals surface area contributed by atoms with Crippen molar-refractivity contribution >= 4 is 34.7 Å². The van der Waals surface area contributed by atoms with E-state index in [-0.39, 0.29) is 5.91 Å². The van der Waals surface area contributed by atoms with Gasteiger partial charge in [-0.05, 0) is 43.3 Å². The van der Waals surface area contributed by atoms with Gasteiger partial charge in [-0.3, -0.25) is 4.79 Å². The van der Waals surface area contributed by atoms with E-state index in [1.54, 1.807) is 42.5 Å². The van der Waals surface area contributed by atoms with Crippen molar-refractivity contribution in [2.75, 3.05) is 10.6 Å². The van der Waals surface area contributed by atoms with Gasteiger partial charge in [0.05, 0.1) is 10.6 Å². The van der Waals surface area contributed by atoms with E-state index >= 15 is 0 Å². The Morgan fingerprint density at radius 2 is 1.78 bits per heavy atom. The summed E-state index contributed by atoms with van der Waals surface area (Å²) in [4.78, 5) is 12.2. The monoisotopic (exact) mass is 327 g/mol. The van der Waals surface area contributed by atoms with Crippen LogP contribution >= 0.6 is 11.6 Å². The van der Waals surface area contributed by atoms with Crippen molar-refractivity contribution < 1.29 is 9.32 Å². The number of amides is 1. The van der Waals surface area contributed by atoms with Crippen LogP contribution in [0, 0.1) is 6.92 Å². The average Bonchev–Trinajstić information content (AvgIpc) is 2.95. The molecule has 0 aliphatic heterocycles. The molecule has 1 amide bonds.